The molecular formula is C21H25N5O3. The summed E-state index contributed by atoms with van der Waals surface area (Å²) in [7, 11) is 3.10. The molecule has 0 unspecified atom stereocenters. The molecule has 3 rings (SSSR count). The lowest BCUT2D eigenvalue weighted by atomic mass is 10.0. The Morgan fingerprint density at radius 2 is 1.79 bits per heavy atom. The molecule has 0 spiro atoms. The molecule has 0 radical (unpaired) electrons. The van der Waals surface area contributed by atoms with Crippen LogP contribution in [0, 0.1) is 20.8 Å². The minimum atomic E-state index is -0.304. The first-order valence-electron chi connectivity index (χ1n) is 9.23. The Bertz CT molecular complexity index is 1100. The summed E-state index contributed by atoms with van der Waals surface area (Å²) < 4.78 is 8.69. The Hall–Kier alpha value is -3.42. The van der Waals surface area contributed by atoms with Gasteiger partial charge in [-0.3, -0.25) is 0 Å². The third-order valence-electron chi connectivity index (χ3n) is 4.80. The highest BCUT2D eigenvalue weighted by molar-refractivity contribution is 5.98. The zero-order valence-corrected chi connectivity index (χ0v) is 17.6. The zero-order valence-electron chi connectivity index (χ0n) is 17.6. The summed E-state index contributed by atoms with van der Waals surface area (Å²) in [4.78, 5) is 17.2. The maximum absolute atomic E-state index is 12.3. The van der Waals surface area contributed by atoms with Gasteiger partial charge in [0, 0.05) is 12.6 Å². The van der Waals surface area contributed by atoms with Gasteiger partial charge in [0.25, 0.3) is 0 Å². The molecule has 0 aliphatic carbocycles. The quantitative estimate of drug-likeness (QED) is 0.473. The zero-order chi connectivity index (χ0) is 21.1. The van der Waals surface area contributed by atoms with Gasteiger partial charge in [-0.2, -0.15) is 9.36 Å². The Morgan fingerprint density at radius 1 is 1.10 bits per heavy atom. The Balaban J connectivity index is 1.94. The van der Waals surface area contributed by atoms with Gasteiger partial charge in [-0.1, -0.05) is 17.3 Å². The Kier molecular flexibility index (Phi) is 5.81. The van der Waals surface area contributed by atoms with Gasteiger partial charge in [-0.25, -0.2) is 4.79 Å². The molecule has 0 aliphatic rings. The molecule has 1 aromatic heterocycles. The number of aromatic nitrogens is 4. The number of nitrogens with zero attached hydrogens (tertiary/aromatic N) is 5. The molecule has 0 bridgehead atoms. The molecule has 1 heterocycles. The molecule has 0 saturated carbocycles. The van der Waals surface area contributed by atoms with E-state index in [1.165, 1.54) is 16.5 Å². The van der Waals surface area contributed by atoms with Crippen molar-refractivity contribution >= 4 is 5.71 Å². The Morgan fingerprint density at radius 3 is 2.38 bits per heavy atom. The molecule has 2 aromatic carbocycles. The van der Waals surface area contributed by atoms with Gasteiger partial charge in [0.2, 0.25) is 0 Å². The molecule has 152 valence electrons. The van der Waals surface area contributed by atoms with Crippen LogP contribution in [0.1, 0.15) is 34.7 Å². The van der Waals surface area contributed by atoms with E-state index in [4.69, 9.17) is 9.57 Å². The fourth-order valence-corrected chi connectivity index (χ4v) is 3.26. The molecule has 0 fully saturated rings. The molecule has 0 saturated heterocycles. The van der Waals surface area contributed by atoms with Crippen LogP contribution in [0.2, 0.25) is 0 Å². The first-order chi connectivity index (χ1) is 13.8. The van der Waals surface area contributed by atoms with Gasteiger partial charge in [0.05, 0.1) is 11.4 Å². The lowest BCUT2D eigenvalue weighted by Gasteiger charge is -2.17. The smallest absolute Gasteiger partial charge is 0.368 e. The van der Waals surface area contributed by atoms with E-state index in [0.29, 0.717) is 12.3 Å². The first-order valence-corrected chi connectivity index (χ1v) is 9.23. The molecule has 0 amide bonds. The lowest BCUT2D eigenvalue weighted by Crippen LogP contribution is -2.23. The van der Waals surface area contributed by atoms with Gasteiger partial charge >= 0.3 is 5.69 Å². The van der Waals surface area contributed by atoms with Crippen LogP contribution < -0.4 is 10.4 Å². The van der Waals surface area contributed by atoms with Crippen molar-refractivity contribution in [2.24, 2.45) is 12.2 Å². The second-order valence-corrected chi connectivity index (χ2v) is 6.96. The van der Waals surface area contributed by atoms with Gasteiger partial charge in [0.1, 0.15) is 19.5 Å². The summed E-state index contributed by atoms with van der Waals surface area (Å²) in [5, 5.41) is 11.8. The normalized spacial score (nSPS) is 11.6. The van der Waals surface area contributed by atoms with E-state index in [1.807, 2.05) is 58.0 Å². The van der Waals surface area contributed by atoms with Crippen LogP contribution in [0.25, 0.3) is 5.69 Å². The van der Waals surface area contributed by atoms with E-state index < -0.39 is 0 Å². The second kappa shape index (κ2) is 8.30. The van der Waals surface area contributed by atoms with Crippen LogP contribution in [0.3, 0.4) is 0 Å². The van der Waals surface area contributed by atoms with Crippen LogP contribution in [-0.4, -0.2) is 32.6 Å². The number of ether oxygens (including phenoxy) is 1. The molecule has 0 N–H and O–H groups in total. The van der Waals surface area contributed by atoms with Crippen molar-refractivity contribution in [3.63, 3.8) is 0 Å². The molecule has 29 heavy (non-hydrogen) atoms. The predicted molar refractivity (Wildman–Crippen MR) is 111 cm³/mol. The monoisotopic (exact) mass is 395 g/mol. The van der Waals surface area contributed by atoms with Crippen molar-refractivity contribution in [1.82, 2.24) is 19.8 Å². The van der Waals surface area contributed by atoms with Crippen molar-refractivity contribution in [3.8, 4) is 11.4 Å². The standard InChI is InChI=1S/C21H25N5O3/c1-13-8-7-9-19(26-21(27)25(5)23-24-26)18(13)12-29-20-14(2)10-17(11-15(20)3)16(4)22-28-6/h7-11H,12H2,1-6H3/b22-16+. The minimum Gasteiger partial charge on any atom is -0.488 e. The fourth-order valence-electron chi connectivity index (χ4n) is 3.26. The minimum absolute atomic E-state index is 0.303. The molecule has 0 atom stereocenters. The van der Waals surface area contributed by atoms with E-state index in [9.17, 15) is 4.79 Å². The molecule has 3 aromatic rings. The van der Waals surface area contributed by atoms with Gasteiger partial charge < -0.3 is 9.57 Å². The lowest BCUT2D eigenvalue weighted by molar-refractivity contribution is 0.213. The SMILES string of the molecule is CO/N=C(\C)c1cc(C)c(OCc2c(C)cccc2-n2nnn(C)c2=O)c(C)c1. The second-order valence-electron chi connectivity index (χ2n) is 6.96. The number of aryl methyl sites for hydroxylation is 4. The van der Waals surface area contributed by atoms with E-state index in [0.717, 1.165) is 39.3 Å². The average Bonchev–Trinajstić information content (AvgIpc) is 3.00. The average molecular weight is 395 g/mol. The summed E-state index contributed by atoms with van der Waals surface area (Å²) in [6.07, 6.45) is 0. The molecular weight excluding hydrogens is 370 g/mol. The largest absolute Gasteiger partial charge is 0.488 e. The topological polar surface area (TPSA) is 83.5 Å². The fraction of sp³-hybridized carbons (Fsp3) is 0.333. The van der Waals surface area contributed by atoms with Gasteiger partial charge in [-0.05, 0) is 78.6 Å². The highest BCUT2D eigenvalue weighted by atomic mass is 16.6. The van der Waals surface area contributed by atoms with Crippen molar-refractivity contribution in [2.75, 3.05) is 7.11 Å². The number of oxime groups is 1. The third kappa shape index (κ3) is 4.06. The maximum Gasteiger partial charge on any atom is 0.368 e. The van der Waals surface area contributed by atoms with Crippen LogP contribution in [0.4, 0.5) is 0 Å². The number of benzene rings is 2. The van der Waals surface area contributed by atoms with Crippen molar-refractivity contribution < 1.29 is 9.57 Å². The van der Waals surface area contributed by atoms with E-state index in [-0.39, 0.29) is 5.69 Å². The van der Waals surface area contributed by atoms with Gasteiger partial charge in [-0.15, -0.1) is 0 Å². The Labute approximate surface area is 169 Å². The number of tetrazole rings is 1. The van der Waals surface area contributed by atoms with E-state index >= 15 is 0 Å². The summed E-state index contributed by atoms with van der Waals surface area (Å²) in [6, 6.07) is 9.75. The summed E-state index contributed by atoms with van der Waals surface area (Å²) >= 11 is 0. The van der Waals surface area contributed by atoms with Crippen LogP contribution in [-0.2, 0) is 18.5 Å². The third-order valence-corrected chi connectivity index (χ3v) is 4.80. The molecule has 0 aliphatic heterocycles. The van der Waals surface area contributed by atoms with Crippen molar-refractivity contribution in [1.29, 1.82) is 0 Å². The van der Waals surface area contributed by atoms with Crippen molar-refractivity contribution in [3.05, 3.63) is 68.6 Å². The van der Waals surface area contributed by atoms with Crippen LogP contribution >= 0.6 is 0 Å². The number of hydrogen-bond donors (Lipinski definition) is 0. The first kappa shape index (κ1) is 20.3. The molecule has 8 nitrogen and oxygen atoms in total. The van der Waals surface area contributed by atoms with E-state index in [2.05, 4.69) is 15.6 Å². The highest BCUT2D eigenvalue weighted by Crippen LogP contribution is 2.27. The predicted octanol–water partition coefficient (Wildman–Crippen LogP) is 2.84. The molecule has 8 heteroatoms. The summed E-state index contributed by atoms with van der Waals surface area (Å²) in [5.74, 6) is 0.805. The van der Waals surface area contributed by atoms with E-state index in [1.54, 1.807) is 7.05 Å². The highest BCUT2D eigenvalue weighted by Gasteiger charge is 2.15. The maximum atomic E-state index is 12.3. The summed E-state index contributed by atoms with van der Waals surface area (Å²) in [6.45, 7) is 8.18. The van der Waals surface area contributed by atoms with Gasteiger partial charge in [0.15, 0.2) is 0 Å². The van der Waals surface area contributed by atoms with Crippen molar-refractivity contribution in [2.45, 2.75) is 34.3 Å². The number of hydrogen-bond acceptors (Lipinski definition) is 6. The number of rotatable bonds is 6. The summed E-state index contributed by atoms with van der Waals surface area (Å²) in [5.41, 5.74) is 6.03. The van der Waals surface area contributed by atoms with Crippen LogP contribution in [0.15, 0.2) is 40.3 Å². The van der Waals surface area contributed by atoms with Crippen LogP contribution in [0.5, 0.6) is 5.75 Å².